The van der Waals surface area contributed by atoms with Crippen LogP contribution in [0.5, 0.6) is 0 Å². The van der Waals surface area contributed by atoms with Gasteiger partial charge in [-0.1, -0.05) is 18.2 Å². The number of carbonyl (C=O) groups is 1. The van der Waals surface area contributed by atoms with Gasteiger partial charge in [0, 0.05) is 32.4 Å². The summed E-state index contributed by atoms with van der Waals surface area (Å²) in [6, 6.07) is 10.2. The molecule has 1 aromatic carbocycles. The quantitative estimate of drug-likeness (QED) is 0.833. The van der Waals surface area contributed by atoms with Crippen LogP contribution in [0.25, 0.3) is 5.69 Å². The van der Waals surface area contributed by atoms with Crippen molar-refractivity contribution in [3.8, 4) is 5.69 Å². The minimum Gasteiger partial charge on any atom is -0.379 e. The zero-order valence-electron chi connectivity index (χ0n) is 16.7. The van der Waals surface area contributed by atoms with E-state index in [0.29, 0.717) is 39.5 Å². The standard InChI is InChI=1S/C22H28N4O3/c27-21(18-14-23-9-13-28-16-18)25-10-7-22(8-11-25)20-17(6-12-29-22)15-26(24-20)19-4-2-1-3-5-19/h1-5,15,18,23H,6-14,16H2. The fourth-order valence-corrected chi connectivity index (χ4v) is 4.71. The highest BCUT2D eigenvalue weighted by molar-refractivity contribution is 5.79. The van der Waals surface area contributed by atoms with Gasteiger partial charge in [-0.15, -0.1) is 0 Å². The summed E-state index contributed by atoms with van der Waals surface area (Å²) >= 11 is 0. The molecule has 1 unspecified atom stereocenters. The lowest BCUT2D eigenvalue weighted by Gasteiger charge is -2.43. The molecule has 7 heteroatoms. The van der Waals surface area contributed by atoms with Gasteiger partial charge in [0.05, 0.1) is 37.1 Å². The number of rotatable bonds is 2. The molecule has 1 spiro atoms. The first-order valence-electron chi connectivity index (χ1n) is 10.6. The predicted octanol–water partition coefficient (Wildman–Crippen LogP) is 1.50. The Morgan fingerprint density at radius 2 is 2.00 bits per heavy atom. The molecule has 5 rings (SSSR count). The molecule has 4 heterocycles. The van der Waals surface area contributed by atoms with Crippen LogP contribution in [0.4, 0.5) is 0 Å². The second-order valence-corrected chi connectivity index (χ2v) is 8.18. The first-order chi connectivity index (χ1) is 14.3. The average molecular weight is 396 g/mol. The van der Waals surface area contributed by atoms with Crippen molar-refractivity contribution in [2.24, 2.45) is 5.92 Å². The topological polar surface area (TPSA) is 68.6 Å². The molecule has 154 valence electrons. The van der Waals surface area contributed by atoms with E-state index in [1.807, 2.05) is 27.8 Å². The van der Waals surface area contributed by atoms with Crippen LogP contribution < -0.4 is 5.32 Å². The van der Waals surface area contributed by atoms with Crippen LogP contribution in [-0.4, -0.2) is 66.6 Å². The molecule has 29 heavy (non-hydrogen) atoms. The molecule has 0 radical (unpaired) electrons. The Bertz CT molecular complexity index is 850. The highest BCUT2D eigenvalue weighted by atomic mass is 16.5. The summed E-state index contributed by atoms with van der Waals surface area (Å²) < 4.78 is 13.9. The van der Waals surface area contributed by atoms with Crippen LogP contribution in [0.15, 0.2) is 36.5 Å². The Morgan fingerprint density at radius 3 is 2.83 bits per heavy atom. The number of amides is 1. The average Bonchev–Trinajstić information content (AvgIpc) is 3.03. The van der Waals surface area contributed by atoms with Crippen molar-refractivity contribution < 1.29 is 14.3 Å². The zero-order chi connectivity index (χ0) is 19.7. The number of hydrogen-bond donors (Lipinski definition) is 1. The predicted molar refractivity (Wildman–Crippen MR) is 108 cm³/mol. The van der Waals surface area contributed by atoms with E-state index in [9.17, 15) is 4.79 Å². The minimum atomic E-state index is -0.372. The van der Waals surface area contributed by atoms with Crippen molar-refractivity contribution in [2.45, 2.75) is 24.9 Å². The Morgan fingerprint density at radius 1 is 1.17 bits per heavy atom. The fraction of sp³-hybridized carbons (Fsp3) is 0.545. The smallest absolute Gasteiger partial charge is 0.229 e. The van der Waals surface area contributed by atoms with E-state index < -0.39 is 0 Å². The maximum Gasteiger partial charge on any atom is 0.229 e. The second-order valence-electron chi connectivity index (χ2n) is 8.18. The zero-order valence-corrected chi connectivity index (χ0v) is 16.7. The maximum atomic E-state index is 13.0. The van der Waals surface area contributed by atoms with Crippen LogP contribution in [0.2, 0.25) is 0 Å². The summed E-state index contributed by atoms with van der Waals surface area (Å²) in [4.78, 5) is 14.9. The summed E-state index contributed by atoms with van der Waals surface area (Å²) in [5, 5.41) is 8.22. The van der Waals surface area contributed by atoms with Crippen LogP contribution >= 0.6 is 0 Å². The van der Waals surface area contributed by atoms with E-state index in [-0.39, 0.29) is 17.4 Å². The van der Waals surface area contributed by atoms with Gasteiger partial charge in [-0.3, -0.25) is 4.79 Å². The summed E-state index contributed by atoms with van der Waals surface area (Å²) in [7, 11) is 0. The number of para-hydroxylation sites is 1. The Labute approximate surface area is 171 Å². The molecule has 3 aliphatic heterocycles. The van der Waals surface area contributed by atoms with Crippen LogP contribution in [0, 0.1) is 5.92 Å². The minimum absolute atomic E-state index is 0.0910. The van der Waals surface area contributed by atoms with Crippen molar-refractivity contribution in [2.75, 3.05) is 46.0 Å². The first kappa shape index (κ1) is 18.8. The number of ether oxygens (including phenoxy) is 2. The van der Waals surface area contributed by atoms with Gasteiger partial charge in [0.25, 0.3) is 0 Å². The summed E-state index contributed by atoms with van der Waals surface area (Å²) in [5.41, 5.74) is 3.01. The molecular formula is C22H28N4O3. The largest absolute Gasteiger partial charge is 0.379 e. The number of benzene rings is 1. The summed E-state index contributed by atoms with van der Waals surface area (Å²) in [6.45, 7) is 4.81. The van der Waals surface area contributed by atoms with Crippen molar-refractivity contribution in [1.29, 1.82) is 0 Å². The molecule has 0 bridgehead atoms. The number of likely N-dealkylation sites (tertiary alicyclic amines) is 1. The molecule has 1 amide bonds. The monoisotopic (exact) mass is 396 g/mol. The van der Waals surface area contributed by atoms with Gasteiger partial charge in [-0.25, -0.2) is 4.68 Å². The third kappa shape index (κ3) is 3.58. The lowest BCUT2D eigenvalue weighted by molar-refractivity contribution is -0.146. The molecular weight excluding hydrogens is 368 g/mol. The molecule has 0 aliphatic carbocycles. The van der Waals surface area contributed by atoms with Crippen molar-refractivity contribution in [1.82, 2.24) is 20.0 Å². The molecule has 1 aromatic heterocycles. The second kappa shape index (κ2) is 7.89. The molecule has 3 aliphatic rings. The molecule has 7 nitrogen and oxygen atoms in total. The van der Waals surface area contributed by atoms with E-state index in [1.54, 1.807) is 0 Å². The molecule has 0 saturated carbocycles. The van der Waals surface area contributed by atoms with Gasteiger partial charge >= 0.3 is 0 Å². The van der Waals surface area contributed by atoms with E-state index in [2.05, 4.69) is 23.6 Å². The number of nitrogens with one attached hydrogen (secondary N) is 1. The Kier molecular flexibility index (Phi) is 5.11. The highest BCUT2D eigenvalue weighted by Crippen LogP contribution is 2.41. The van der Waals surface area contributed by atoms with Crippen molar-refractivity contribution >= 4 is 5.91 Å². The maximum absolute atomic E-state index is 13.0. The molecule has 2 fully saturated rings. The number of piperidine rings is 1. The van der Waals surface area contributed by atoms with E-state index in [1.165, 1.54) is 5.56 Å². The Hall–Kier alpha value is -2.22. The molecule has 1 N–H and O–H groups in total. The lowest BCUT2D eigenvalue weighted by atomic mass is 9.83. The third-order valence-corrected chi connectivity index (χ3v) is 6.36. The molecule has 1 atom stereocenters. The van der Waals surface area contributed by atoms with Crippen LogP contribution in [-0.2, 0) is 26.3 Å². The van der Waals surface area contributed by atoms with Gasteiger partial charge < -0.3 is 19.7 Å². The number of nitrogens with zero attached hydrogens (tertiary/aromatic N) is 3. The lowest BCUT2D eigenvalue weighted by Crippen LogP contribution is -2.51. The van der Waals surface area contributed by atoms with Gasteiger partial charge in [0.15, 0.2) is 0 Å². The molecule has 2 aromatic rings. The van der Waals surface area contributed by atoms with Gasteiger partial charge in [0.1, 0.15) is 5.60 Å². The summed E-state index contributed by atoms with van der Waals surface area (Å²) in [6.07, 6.45) is 4.61. The Balaban J connectivity index is 1.32. The van der Waals surface area contributed by atoms with E-state index >= 15 is 0 Å². The van der Waals surface area contributed by atoms with E-state index in [4.69, 9.17) is 14.6 Å². The van der Waals surface area contributed by atoms with Crippen molar-refractivity contribution in [3.05, 3.63) is 47.8 Å². The normalized spacial score (nSPS) is 24.1. The number of carbonyl (C=O) groups excluding carboxylic acids is 1. The van der Waals surface area contributed by atoms with Crippen molar-refractivity contribution in [3.63, 3.8) is 0 Å². The number of hydrogen-bond acceptors (Lipinski definition) is 5. The number of aromatic nitrogens is 2. The summed E-state index contributed by atoms with van der Waals surface area (Å²) in [5.74, 6) is 0.103. The number of fused-ring (bicyclic) bond motifs is 2. The van der Waals surface area contributed by atoms with Gasteiger partial charge in [-0.05, 0) is 37.0 Å². The SMILES string of the molecule is O=C(C1CNCCOC1)N1CCC2(CC1)OCCc1cn(-c3ccccc3)nc12. The van der Waals surface area contributed by atoms with Gasteiger partial charge in [0.2, 0.25) is 5.91 Å². The first-order valence-corrected chi connectivity index (χ1v) is 10.6. The van der Waals surface area contributed by atoms with Crippen LogP contribution in [0.3, 0.4) is 0 Å². The highest BCUT2D eigenvalue weighted by Gasteiger charge is 2.44. The molecule has 2 saturated heterocycles. The van der Waals surface area contributed by atoms with Crippen LogP contribution in [0.1, 0.15) is 24.1 Å². The van der Waals surface area contributed by atoms with E-state index in [0.717, 1.165) is 37.2 Å². The van der Waals surface area contributed by atoms with Gasteiger partial charge in [-0.2, -0.15) is 5.10 Å². The third-order valence-electron chi connectivity index (χ3n) is 6.36. The fourth-order valence-electron chi connectivity index (χ4n) is 4.71.